The van der Waals surface area contributed by atoms with Gasteiger partial charge in [-0.15, -0.1) is 0 Å². The van der Waals surface area contributed by atoms with Gasteiger partial charge in [0.25, 0.3) is 0 Å². The molecule has 0 N–H and O–H groups in total. The Morgan fingerprint density at radius 2 is 0.938 bits per heavy atom. The Morgan fingerprint density at radius 1 is 0.562 bits per heavy atom. The molecule has 0 unspecified atom stereocenters. The second kappa shape index (κ2) is 6.45. The largest absolute Gasteiger partial charge is 0.0622 e. The third-order valence-electron chi connectivity index (χ3n) is 2.19. The van der Waals surface area contributed by atoms with Crippen LogP contribution in [-0.4, -0.2) is 0 Å². The normalized spacial score (nSPS) is 12.5. The first-order valence-corrected chi connectivity index (χ1v) is 6.82. The summed E-state index contributed by atoms with van der Waals surface area (Å²) >= 11 is 0. The smallest absolute Gasteiger partial charge is 0.0226 e. The van der Waals surface area contributed by atoms with Crippen LogP contribution in [0.4, 0.5) is 0 Å². The van der Waals surface area contributed by atoms with E-state index in [-0.39, 0.29) is 0 Å². The van der Waals surface area contributed by atoms with E-state index in [4.69, 9.17) is 0 Å². The number of rotatable bonds is 2. The quantitative estimate of drug-likeness (QED) is 0.690. The van der Waals surface area contributed by atoms with Gasteiger partial charge in [0.05, 0.1) is 0 Å². The Labute approximate surface area is 99.5 Å². The van der Waals surface area contributed by atoms with Crippen molar-refractivity contribution in [3.8, 4) is 0 Å². The Balaban J connectivity index is 0.000000278. The molecule has 0 aliphatic heterocycles. The van der Waals surface area contributed by atoms with Gasteiger partial charge in [-0.2, -0.15) is 0 Å². The lowest BCUT2D eigenvalue weighted by atomic mass is 10.4. The highest BCUT2D eigenvalue weighted by Gasteiger charge is 1.95. The second-order valence-corrected chi connectivity index (χ2v) is 5.32. The van der Waals surface area contributed by atoms with Crippen LogP contribution >= 0.6 is 8.58 Å². The van der Waals surface area contributed by atoms with Gasteiger partial charge in [0, 0.05) is 0 Å². The summed E-state index contributed by atoms with van der Waals surface area (Å²) in [6.07, 6.45) is 4.50. The van der Waals surface area contributed by atoms with Gasteiger partial charge < -0.3 is 0 Å². The van der Waals surface area contributed by atoms with Gasteiger partial charge in [-0.1, -0.05) is 88.5 Å². The molecule has 1 aliphatic rings. The highest BCUT2D eigenvalue weighted by Crippen LogP contribution is 2.14. The van der Waals surface area contributed by atoms with Gasteiger partial charge in [0.2, 0.25) is 0 Å². The summed E-state index contributed by atoms with van der Waals surface area (Å²) in [5, 5.41) is 2.79. The molecule has 0 heterocycles. The molecule has 1 aliphatic carbocycles. The maximum atomic E-state index is 2.17. The molecule has 0 nitrogen and oxygen atoms in total. The first kappa shape index (κ1) is 11.4. The Hall–Kier alpha value is -1.13. The summed E-state index contributed by atoms with van der Waals surface area (Å²) in [5.74, 6) is 0. The van der Waals surface area contributed by atoms with Gasteiger partial charge in [-0.05, 0) is 10.6 Å². The molecule has 0 bridgehead atoms. The highest BCUT2D eigenvalue weighted by molar-refractivity contribution is 7.55. The lowest BCUT2D eigenvalue weighted by Crippen LogP contribution is -2.01. The SMILES string of the molecule is C1CC1.c1ccc(Pc2ccccc2)cc1. The lowest BCUT2D eigenvalue weighted by molar-refractivity contribution is 1.50. The summed E-state index contributed by atoms with van der Waals surface area (Å²) in [5.41, 5.74) is 0. The maximum Gasteiger partial charge on any atom is -0.0226 e. The Kier molecular flexibility index (Phi) is 4.58. The van der Waals surface area contributed by atoms with Crippen LogP contribution < -0.4 is 10.6 Å². The minimum absolute atomic E-state index is 0.777. The predicted molar refractivity (Wildman–Crippen MR) is 74.3 cm³/mol. The topological polar surface area (TPSA) is 0 Å². The molecule has 1 heteroatoms. The van der Waals surface area contributed by atoms with E-state index < -0.39 is 0 Å². The fourth-order valence-corrected chi connectivity index (χ4v) is 2.26. The van der Waals surface area contributed by atoms with Crippen LogP contribution in [-0.2, 0) is 0 Å². The zero-order valence-corrected chi connectivity index (χ0v) is 10.4. The zero-order chi connectivity index (χ0) is 11.1. The van der Waals surface area contributed by atoms with Crippen molar-refractivity contribution in [2.45, 2.75) is 19.3 Å². The average molecular weight is 228 g/mol. The minimum Gasteiger partial charge on any atom is -0.0622 e. The summed E-state index contributed by atoms with van der Waals surface area (Å²) < 4.78 is 0. The fourth-order valence-electron chi connectivity index (χ4n) is 1.21. The van der Waals surface area contributed by atoms with E-state index in [9.17, 15) is 0 Å². The molecule has 0 saturated heterocycles. The monoisotopic (exact) mass is 228 g/mol. The van der Waals surface area contributed by atoms with Crippen LogP contribution in [0.2, 0.25) is 0 Å². The first-order valence-electron chi connectivity index (χ1n) is 5.82. The van der Waals surface area contributed by atoms with E-state index >= 15 is 0 Å². The van der Waals surface area contributed by atoms with E-state index in [1.165, 1.54) is 29.9 Å². The van der Waals surface area contributed by atoms with Crippen molar-refractivity contribution in [1.82, 2.24) is 0 Å². The molecule has 82 valence electrons. The van der Waals surface area contributed by atoms with Crippen LogP contribution in [0.15, 0.2) is 60.7 Å². The molecular weight excluding hydrogens is 211 g/mol. The number of hydrogen-bond acceptors (Lipinski definition) is 0. The molecule has 0 atom stereocenters. The van der Waals surface area contributed by atoms with Crippen molar-refractivity contribution < 1.29 is 0 Å². The second-order valence-electron chi connectivity index (χ2n) is 3.92. The van der Waals surface area contributed by atoms with Gasteiger partial charge >= 0.3 is 0 Å². The summed E-state index contributed by atoms with van der Waals surface area (Å²) in [4.78, 5) is 0. The van der Waals surface area contributed by atoms with E-state index in [2.05, 4.69) is 60.7 Å². The van der Waals surface area contributed by atoms with Crippen molar-refractivity contribution in [1.29, 1.82) is 0 Å². The van der Waals surface area contributed by atoms with Gasteiger partial charge in [0.15, 0.2) is 0 Å². The van der Waals surface area contributed by atoms with Crippen LogP contribution in [0, 0.1) is 0 Å². The minimum atomic E-state index is 0.777. The average Bonchev–Trinajstić information content (AvgIpc) is 3.19. The number of hydrogen-bond donors (Lipinski definition) is 0. The zero-order valence-electron chi connectivity index (χ0n) is 9.39. The molecule has 16 heavy (non-hydrogen) atoms. The Morgan fingerprint density at radius 3 is 1.25 bits per heavy atom. The number of benzene rings is 2. The molecule has 0 amide bonds. The molecular formula is C15H17P. The van der Waals surface area contributed by atoms with Crippen LogP contribution in [0.25, 0.3) is 0 Å². The van der Waals surface area contributed by atoms with Crippen molar-refractivity contribution in [2.24, 2.45) is 0 Å². The molecule has 3 rings (SSSR count). The molecule has 1 fully saturated rings. The molecule has 0 radical (unpaired) electrons. The molecule has 0 aromatic heterocycles. The van der Waals surface area contributed by atoms with Crippen LogP contribution in [0.1, 0.15) is 19.3 Å². The molecule has 0 spiro atoms. The van der Waals surface area contributed by atoms with Crippen molar-refractivity contribution in [3.63, 3.8) is 0 Å². The molecule has 2 aromatic rings. The lowest BCUT2D eigenvalue weighted by Gasteiger charge is -2.00. The van der Waals surface area contributed by atoms with Crippen molar-refractivity contribution in [2.75, 3.05) is 0 Å². The van der Waals surface area contributed by atoms with E-state index in [0.29, 0.717) is 0 Å². The Bertz CT molecular complexity index is 352. The predicted octanol–water partition coefficient (Wildman–Crippen LogP) is 3.49. The first-order chi connectivity index (χ1) is 7.95. The highest BCUT2D eigenvalue weighted by atomic mass is 31.1. The van der Waals surface area contributed by atoms with E-state index in [1.54, 1.807) is 0 Å². The van der Waals surface area contributed by atoms with E-state index in [1.807, 2.05) is 0 Å². The van der Waals surface area contributed by atoms with Gasteiger partial charge in [0.1, 0.15) is 0 Å². The van der Waals surface area contributed by atoms with Crippen LogP contribution in [0.3, 0.4) is 0 Å². The van der Waals surface area contributed by atoms with Crippen molar-refractivity contribution in [3.05, 3.63) is 60.7 Å². The summed E-state index contributed by atoms with van der Waals surface area (Å²) in [7, 11) is 0.777. The van der Waals surface area contributed by atoms with Gasteiger partial charge in [-0.3, -0.25) is 0 Å². The van der Waals surface area contributed by atoms with Gasteiger partial charge in [-0.25, -0.2) is 0 Å². The molecule has 1 saturated carbocycles. The standard InChI is InChI=1S/C12H11P.C3H6/c1-3-7-11(8-4-1)13-12-9-5-2-6-10-12;1-2-3-1/h1-10,13H;1-3H2. The third-order valence-corrected chi connectivity index (χ3v) is 3.43. The van der Waals surface area contributed by atoms with E-state index in [0.717, 1.165) is 8.58 Å². The maximum absolute atomic E-state index is 2.17. The molecule has 2 aromatic carbocycles. The summed E-state index contributed by atoms with van der Waals surface area (Å²) in [6.45, 7) is 0. The fraction of sp³-hybridized carbons (Fsp3) is 0.200. The van der Waals surface area contributed by atoms with Crippen LogP contribution in [0.5, 0.6) is 0 Å². The van der Waals surface area contributed by atoms with Crippen molar-refractivity contribution >= 4 is 19.2 Å². The third kappa shape index (κ3) is 4.59. The summed E-state index contributed by atoms with van der Waals surface area (Å²) in [6, 6.07) is 21.2.